The lowest BCUT2D eigenvalue weighted by Gasteiger charge is -2.09. The highest BCUT2D eigenvalue weighted by Crippen LogP contribution is 2.16. The summed E-state index contributed by atoms with van der Waals surface area (Å²) in [5.41, 5.74) is 1.36. The van der Waals surface area contributed by atoms with Crippen LogP contribution in [0.25, 0.3) is 6.08 Å². The highest BCUT2D eigenvalue weighted by atomic mass is 16.5. The van der Waals surface area contributed by atoms with Gasteiger partial charge in [-0.2, -0.15) is 5.26 Å². The third kappa shape index (κ3) is 7.32. The number of ether oxygens (including phenoxy) is 2. The highest BCUT2D eigenvalue weighted by Gasteiger charge is 2.09. The average Bonchev–Trinajstić information content (AvgIpc) is 2.75. The molecule has 30 heavy (non-hydrogen) atoms. The number of nitrogens with zero attached hydrogens (tertiary/aromatic N) is 1. The van der Waals surface area contributed by atoms with Gasteiger partial charge < -0.3 is 20.1 Å². The quantitative estimate of drug-likeness (QED) is 0.490. The minimum atomic E-state index is -0.401. The van der Waals surface area contributed by atoms with Gasteiger partial charge in [-0.3, -0.25) is 9.59 Å². The Bertz CT molecular complexity index is 926. The van der Waals surface area contributed by atoms with E-state index in [1.54, 1.807) is 55.6 Å². The third-order valence-electron chi connectivity index (χ3n) is 3.97. The molecule has 2 aromatic carbocycles. The van der Waals surface area contributed by atoms with Crippen LogP contribution in [0.5, 0.6) is 11.5 Å². The second kappa shape index (κ2) is 11.3. The summed E-state index contributed by atoms with van der Waals surface area (Å²) < 4.78 is 10.6. The molecule has 0 aliphatic heterocycles. The fraction of sp³-hybridized carbons (Fsp3) is 0.261. The number of nitrogens with one attached hydrogen (secondary N) is 2. The Balaban J connectivity index is 1.89. The Labute approximate surface area is 176 Å². The second-order valence-corrected chi connectivity index (χ2v) is 6.91. The van der Waals surface area contributed by atoms with Crippen molar-refractivity contribution >= 4 is 23.6 Å². The van der Waals surface area contributed by atoms with E-state index in [0.29, 0.717) is 35.2 Å². The molecule has 2 N–H and O–H groups in total. The predicted molar refractivity (Wildman–Crippen MR) is 115 cm³/mol. The van der Waals surface area contributed by atoms with E-state index in [9.17, 15) is 14.9 Å². The van der Waals surface area contributed by atoms with Gasteiger partial charge in [-0.15, -0.1) is 0 Å². The summed E-state index contributed by atoms with van der Waals surface area (Å²) in [5.74, 6) is 0.807. The number of carbonyl (C=O) groups excluding carboxylic acids is 2. The standard InChI is InChI=1S/C23H25N3O4/c1-16(2)14-25-23(28)18(13-24)12-17-4-8-21(9-5-17)30-15-22(27)26-19-6-10-20(29-3)11-7-19/h4-12,16H,14-15H2,1-3H3,(H,25,28)(H,26,27)/b18-12+. The number of methoxy groups -OCH3 is 1. The maximum Gasteiger partial charge on any atom is 0.262 e. The molecule has 2 amide bonds. The van der Waals surface area contributed by atoms with Crippen LogP contribution in [0.2, 0.25) is 0 Å². The number of carbonyl (C=O) groups is 2. The lowest BCUT2D eigenvalue weighted by molar-refractivity contribution is -0.118. The van der Waals surface area contributed by atoms with E-state index < -0.39 is 5.91 Å². The summed E-state index contributed by atoms with van der Waals surface area (Å²) in [6.07, 6.45) is 1.51. The number of benzene rings is 2. The zero-order valence-corrected chi connectivity index (χ0v) is 17.3. The van der Waals surface area contributed by atoms with E-state index in [4.69, 9.17) is 9.47 Å². The van der Waals surface area contributed by atoms with Crippen molar-refractivity contribution < 1.29 is 19.1 Å². The van der Waals surface area contributed by atoms with Crippen molar-refractivity contribution in [3.8, 4) is 17.6 Å². The summed E-state index contributed by atoms with van der Waals surface area (Å²) in [5, 5.41) is 14.7. The normalized spacial score (nSPS) is 10.8. The van der Waals surface area contributed by atoms with E-state index in [2.05, 4.69) is 10.6 Å². The smallest absolute Gasteiger partial charge is 0.262 e. The first-order valence-electron chi connectivity index (χ1n) is 9.48. The first kappa shape index (κ1) is 22.5. The lowest BCUT2D eigenvalue weighted by atomic mass is 10.1. The summed E-state index contributed by atoms with van der Waals surface area (Å²) >= 11 is 0. The number of anilines is 1. The molecule has 7 heteroatoms. The van der Waals surface area contributed by atoms with Crippen LogP contribution < -0.4 is 20.1 Å². The van der Waals surface area contributed by atoms with E-state index in [-0.39, 0.29) is 18.1 Å². The van der Waals surface area contributed by atoms with Gasteiger partial charge in [0.1, 0.15) is 23.1 Å². The van der Waals surface area contributed by atoms with Crippen molar-refractivity contribution in [1.29, 1.82) is 5.26 Å². The molecule has 0 fully saturated rings. The maximum atomic E-state index is 12.0. The average molecular weight is 407 g/mol. The molecule has 0 aliphatic carbocycles. The predicted octanol–water partition coefficient (Wildman–Crippen LogP) is 3.39. The molecule has 0 unspecified atom stereocenters. The van der Waals surface area contributed by atoms with E-state index in [1.807, 2.05) is 19.9 Å². The summed E-state index contributed by atoms with van der Waals surface area (Å²) in [6.45, 7) is 4.31. The highest BCUT2D eigenvalue weighted by molar-refractivity contribution is 6.01. The Morgan fingerprint density at radius 2 is 1.70 bits per heavy atom. The molecular formula is C23H25N3O4. The molecule has 0 saturated carbocycles. The van der Waals surface area contributed by atoms with Gasteiger partial charge in [0, 0.05) is 12.2 Å². The van der Waals surface area contributed by atoms with Gasteiger partial charge in [-0.1, -0.05) is 26.0 Å². The first-order chi connectivity index (χ1) is 14.4. The fourth-order valence-electron chi connectivity index (χ4n) is 2.39. The molecule has 156 valence electrons. The summed E-state index contributed by atoms with van der Waals surface area (Å²) in [6, 6.07) is 15.7. The van der Waals surface area contributed by atoms with Gasteiger partial charge in [0.05, 0.1) is 7.11 Å². The molecule has 0 aliphatic rings. The topological polar surface area (TPSA) is 100 Å². The van der Waals surface area contributed by atoms with Crippen molar-refractivity contribution in [2.45, 2.75) is 13.8 Å². The van der Waals surface area contributed by atoms with Crippen LogP contribution in [-0.4, -0.2) is 32.1 Å². The molecule has 0 spiro atoms. The van der Waals surface area contributed by atoms with Crippen LogP contribution in [0.1, 0.15) is 19.4 Å². The van der Waals surface area contributed by atoms with Crippen molar-refractivity contribution in [1.82, 2.24) is 5.32 Å². The molecular weight excluding hydrogens is 382 g/mol. The van der Waals surface area contributed by atoms with Crippen molar-refractivity contribution in [2.75, 3.05) is 25.6 Å². The Hall–Kier alpha value is -3.79. The molecule has 2 aromatic rings. The van der Waals surface area contributed by atoms with Gasteiger partial charge in [-0.05, 0) is 54.0 Å². The van der Waals surface area contributed by atoms with E-state index in [1.165, 1.54) is 6.08 Å². The van der Waals surface area contributed by atoms with Crippen molar-refractivity contribution in [3.63, 3.8) is 0 Å². The van der Waals surface area contributed by atoms with Gasteiger partial charge in [0.15, 0.2) is 6.61 Å². The van der Waals surface area contributed by atoms with Crippen molar-refractivity contribution in [2.24, 2.45) is 5.92 Å². The van der Waals surface area contributed by atoms with E-state index >= 15 is 0 Å². The second-order valence-electron chi connectivity index (χ2n) is 6.91. The molecule has 0 radical (unpaired) electrons. The molecule has 2 rings (SSSR count). The van der Waals surface area contributed by atoms with Gasteiger partial charge >= 0.3 is 0 Å². The summed E-state index contributed by atoms with van der Waals surface area (Å²) in [7, 11) is 1.57. The van der Waals surface area contributed by atoms with Crippen LogP contribution in [-0.2, 0) is 9.59 Å². The summed E-state index contributed by atoms with van der Waals surface area (Å²) in [4.78, 5) is 24.1. The van der Waals surface area contributed by atoms with Gasteiger partial charge in [-0.25, -0.2) is 0 Å². The zero-order chi connectivity index (χ0) is 21.9. The van der Waals surface area contributed by atoms with Gasteiger partial charge in [0.2, 0.25) is 0 Å². The SMILES string of the molecule is COc1ccc(NC(=O)COc2ccc(/C=C(\C#N)C(=O)NCC(C)C)cc2)cc1. The molecule has 0 saturated heterocycles. The maximum absolute atomic E-state index is 12.0. The monoisotopic (exact) mass is 407 g/mol. The minimum absolute atomic E-state index is 0.0307. The molecule has 7 nitrogen and oxygen atoms in total. The number of hydrogen-bond acceptors (Lipinski definition) is 5. The number of amides is 2. The molecule has 0 atom stereocenters. The van der Waals surface area contributed by atoms with Crippen LogP contribution in [0, 0.1) is 17.2 Å². The van der Waals surface area contributed by atoms with Crippen LogP contribution in [0.4, 0.5) is 5.69 Å². The van der Waals surface area contributed by atoms with Crippen LogP contribution in [0.15, 0.2) is 54.1 Å². The molecule has 0 heterocycles. The minimum Gasteiger partial charge on any atom is -0.497 e. The Morgan fingerprint density at radius 1 is 1.07 bits per heavy atom. The number of hydrogen-bond donors (Lipinski definition) is 2. The molecule has 0 aromatic heterocycles. The number of rotatable bonds is 9. The zero-order valence-electron chi connectivity index (χ0n) is 17.3. The lowest BCUT2D eigenvalue weighted by Crippen LogP contribution is -2.28. The van der Waals surface area contributed by atoms with E-state index in [0.717, 1.165) is 0 Å². The number of nitriles is 1. The Kier molecular flexibility index (Phi) is 8.45. The third-order valence-corrected chi connectivity index (χ3v) is 3.97. The largest absolute Gasteiger partial charge is 0.497 e. The fourth-order valence-corrected chi connectivity index (χ4v) is 2.39. The van der Waals surface area contributed by atoms with Crippen LogP contribution >= 0.6 is 0 Å². The molecule has 0 bridgehead atoms. The van der Waals surface area contributed by atoms with Crippen LogP contribution in [0.3, 0.4) is 0 Å². The first-order valence-corrected chi connectivity index (χ1v) is 9.48. The van der Waals surface area contributed by atoms with Gasteiger partial charge in [0.25, 0.3) is 11.8 Å². The Morgan fingerprint density at radius 3 is 2.27 bits per heavy atom. The van der Waals surface area contributed by atoms with Crippen molar-refractivity contribution in [3.05, 3.63) is 59.7 Å².